The molecule has 0 fully saturated rings. The quantitative estimate of drug-likeness (QED) is 0.906. The summed E-state index contributed by atoms with van der Waals surface area (Å²) in [5, 5.41) is 0. The number of para-hydroxylation sites is 1. The molecule has 2 rings (SSSR count). The van der Waals surface area contributed by atoms with E-state index in [9.17, 15) is 13.2 Å². The highest BCUT2D eigenvalue weighted by molar-refractivity contribution is 5.42. The van der Waals surface area contributed by atoms with Crippen LogP contribution in [0, 0.1) is 0 Å². The summed E-state index contributed by atoms with van der Waals surface area (Å²) >= 11 is 0. The number of benzene rings is 2. The number of rotatable bonds is 5. The number of hydrogen-bond donors (Lipinski definition) is 1. The summed E-state index contributed by atoms with van der Waals surface area (Å²) in [5.41, 5.74) is 7.62. The first-order valence-corrected chi connectivity index (χ1v) is 6.73. The van der Waals surface area contributed by atoms with E-state index >= 15 is 0 Å². The molecule has 2 aromatic rings. The van der Waals surface area contributed by atoms with E-state index in [0.717, 1.165) is 5.56 Å². The SMILES string of the molecule is CCOc1ccccc1[C@@H](N)c1ccc(OC(F)(F)F)cc1. The third-order valence-electron chi connectivity index (χ3n) is 3.03. The zero-order chi connectivity index (χ0) is 16.2. The standard InChI is InChI=1S/C16H16F3NO2/c1-2-21-14-6-4-3-5-13(14)15(20)11-7-9-12(10-8-11)22-16(17,18)19/h3-10,15H,2,20H2,1H3/t15-/m0/s1. The van der Waals surface area contributed by atoms with Gasteiger partial charge in [0.25, 0.3) is 0 Å². The van der Waals surface area contributed by atoms with Gasteiger partial charge in [-0.2, -0.15) is 0 Å². The molecule has 0 spiro atoms. The second-order valence-corrected chi connectivity index (χ2v) is 4.57. The highest BCUT2D eigenvalue weighted by Gasteiger charge is 2.31. The molecule has 118 valence electrons. The average molecular weight is 311 g/mol. The molecule has 0 aromatic heterocycles. The lowest BCUT2D eigenvalue weighted by atomic mass is 9.99. The summed E-state index contributed by atoms with van der Waals surface area (Å²) in [6.07, 6.45) is -4.70. The first-order chi connectivity index (χ1) is 10.4. The molecule has 6 heteroatoms. The van der Waals surface area contributed by atoms with E-state index in [4.69, 9.17) is 10.5 Å². The number of ether oxygens (including phenoxy) is 2. The fourth-order valence-corrected chi connectivity index (χ4v) is 2.08. The van der Waals surface area contributed by atoms with Crippen molar-refractivity contribution in [3.8, 4) is 11.5 Å². The molecular weight excluding hydrogens is 295 g/mol. The van der Waals surface area contributed by atoms with E-state index in [1.54, 1.807) is 6.07 Å². The molecule has 0 heterocycles. The molecule has 0 saturated heterocycles. The van der Waals surface area contributed by atoms with E-state index in [2.05, 4.69) is 4.74 Å². The normalized spacial score (nSPS) is 12.8. The van der Waals surface area contributed by atoms with E-state index < -0.39 is 12.4 Å². The highest BCUT2D eigenvalue weighted by atomic mass is 19.4. The second kappa shape index (κ2) is 6.70. The molecule has 0 aliphatic carbocycles. The van der Waals surface area contributed by atoms with Crippen molar-refractivity contribution in [2.24, 2.45) is 5.73 Å². The average Bonchev–Trinajstić information content (AvgIpc) is 2.47. The van der Waals surface area contributed by atoms with Gasteiger partial charge in [0.15, 0.2) is 0 Å². The van der Waals surface area contributed by atoms with Crippen LogP contribution < -0.4 is 15.2 Å². The van der Waals surface area contributed by atoms with Gasteiger partial charge in [0, 0.05) is 5.56 Å². The van der Waals surface area contributed by atoms with Crippen LogP contribution in [-0.4, -0.2) is 13.0 Å². The Kier molecular flexibility index (Phi) is 4.92. The van der Waals surface area contributed by atoms with Crippen LogP contribution in [0.5, 0.6) is 11.5 Å². The fourth-order valence-electron chi connectivity index (χ4n) is 2.08. The van der Waals surface area contributed by atoms with Gasteiger partial charge in [0.2, 0.25) is 0 Å². The maximum absolute atomic E-state index is 12.1. The number of nitrogens with two attached hydrogens (primary N) is 1. The van der Waals surface area contributed by atoms with Gasteiger partial charge in [-0.3, -0.25) is 0 Å². The molecule has 0 aliphatic rings. The van der Waals surface area contributed by atoms with Gasteiger partial charge in [0.05, 0.1) is 12.6 Å². The maximum Gasteiger partial charge on any atom is 0.573 e. The molecule has 0 saturated carbocycles. The molecule has 0 unspecified atom stereocenters. The van der Waals surface area contributed by atoms with Gasteiger partial charge < -0.3 is 15.2 Å². The first kappa shape index (κ1) is 16.2. The minimum Gasteiger partial charge on any atom is -0.494 e. The molecule has 22 heavy (non-hydrogen) atoms. The number of hydrogen-bond acceptors (Lipinski definition) is 3. The van der Waals surface area contributed by atoms with Crippen molar-refractivity contribution >= 4 is 0 Å². The van der Waals surface area contributed by atoms with Crippen molar-refractivity contribution in [2.75, 3.05) is 6.61 Å². The lowest BCUT2D eigenvalue weighted by Gasteiger charge is -2.17. The van der Waals surface area contributed by atoms with Crippen LogP contribution in [0.4, 0.5) is 13.2 Å². The molecule has 1 atom stereocenters. The lowest BCUT2D eigenvalue weighted by molar-refractivity contribution is -0.274. The van der Waals surface area contributed by atoms with Crippen molar-refractivity contribution in [1.29, 1.82) is 0 Å². The zero-order valence-electron chi connectivity index (χ0n) is 11.9. The first-order valence-electron chi connectivity index (χ1n) is 6.73. The predicted octanol–water partition coefficient (Wildman–Crippen LogP) is 4.03. The Morgan fingerprint density at radius 3 is 2.27 bits per heavy atom. The van der Waals surface area contributed by atoms with Gasteiger partial charge in [-0.25, -0.2) is 0 Å². The Morgan fingerprint density at radius 2 is 1.68 bits per heavy atom. The van der Waals surface area contributed by atoms with E-state index in [0.29, 0.717) is 17.9 Å². The van der Waals surface area contributed by atoms with Crippen molar-refractivity contribution in [2.45, 2.75) is 19.3 Å². The van der Waals surface area contributed by atoms with Gasteiger partial charge >= 0.3 is 6.36 Å². The minimum absolute atomic E-state index is 0.276. The highest BCUT2D eigenvalue weighted by Crippen LogP contribution is 2.30. The molecule has 2 N–H and O–H groups in total. The smallest absolute Gasteiger partial charge is 0.494 e. The Morgan fingerprint density at radius 1 is 1.05 bits per heavy atom. The van der Waals surface area contributed by atoms with E-state index in [-0.39, 0.29) is 5.75 Å². The zero-order valence-corrected chi connectivity index (χ0v) is 11.9. The molecule has 2 aromatic carbocycles. The molecule has 0 aliphatic heterocycles. The second-order valence-electron chi connectivity index (χ2n) is 4.57. The Labute approximate surface area is 126 Å². The molecule has 0 bridgehead atoms. The summed E-state index contributed by atoms with van der Waals surface area (Å²) in [5.74, 6) is 0.384. The molecule has 3 nitrogen and oxygen atoms in total. The van der Waals surface area contributed by atoms with E-state index in [1.165, 1.54) is 24.3 Å². The number of halogens is 3. The summed E-state index contributed by atoms with van der Waals surface area (Å²) in [4.78, 5) is 0. The Bertz CT molecular complexity index is 612. The lowest BCUT2D eigenvalue weighted by Crippen LogP contribution is -2.17. The third kappa shape index (κ3) is 4.14. The van der Waals surface area contributed by atoms with Gasteiger partial charge in [-0.15, -0.1) is 13.2 Å². The van der Waals surface area contributed by atoms with Crippen LogP contribution in [0.15, 0.2) is 48.5 Å². The fraction of sp³-hybridized carbons (Fsp3) is 0.250. The topological polar surface area (TPSA) is 44.5 Å². The minimum atomic E-state index is -4.70. The largest absolute Gasteiger partial charge is 0.573 e. The molecular formula is C16H16F3NO2. The number of alkyl halides is 3. The van der Waals surface area contributed by atoms with Crippen molar-refractivity contribution in [3.63, 3.8) is 0 Å². The van der Waals surface area contributed by atoms with Crippen molar-refractivity contribution in [1.82, 2.24) is 0 Å². The summed E-state index contributed by atoms with van der Waals surface area (Å²) in [6, 6.07) is 12.3. The van der Waals surface area contributed by atoms with E-state index in [1.807, 2.05) is 25.1 Å². The summed E-state index contributed by atoms with van der Waals surface area (Å²) in [6.45, 7) is 2.37. The maximum atomic E-state index is 12.1. The predicted molar refractivity (Wildman–Crippen MR) is 76.8 cm³/mol. The molecule has 0 amide bonds. The van der Waals surface area contributed by atoms with Crippen LogP contribution in [0.3, 0.4) is 0 Å². The monoisotopic (exact) mass is 311 g/mol. The van der Waals surface area contributed by atoms with Crippen LogP contribution in [0.1, 0.15) is 24.1 Å². The summed E-state index contributed by atoms with van der Waals surface area (Å²) in [7, 11) is 0. The van der Waals surface area contributed by atoms with Crippen LogP contribution in [0.2, 0.25) is 0 Å². The Balaban J connectivity index is 2.21. The van der Waals surface area contributed by atoms with Crippen LogP contribution in [-0.2, 0) is 0 Å². The van der Waals surface area contributed by atoms with Crippen LogP contribution in [0.25, 0.3) is 0 Å². The van der Waals surface area contributed by atoms with Gasteiger partial charge in [-0.05, 0) is 30.7 Å². The third-order valence-corrected chi connectivity index (χ3v) is 3.03. The molecule has 0 radical (unpaired) electrons. The van der Waals surface area contributed by atoms with Crippen LogP contribution >= 0.6 is 0 Å². The van der Waals surface area contributed by atoms with Crippen molar-refractivity contribution < 1.29 is 22.6 Å². The van der Waals surface area contributed by atoms with Gasteiger partial charge in [0.1, 0.15) is 11.5 Å². The summed E-state index contributed by atoms with van der Waals surface area (Å²) < 4.78 is 45.8. The Hall–Kier alpha value is -2.21. The van der Waals surface area contributed by atoms with Crippen molar-refractivity contribution in [3.05, 3.63) is 59.7 Å². The van der Waals surface area contributed by atoms with Gasteiger partial charge in [-0.1, -0.05) is 30.3 Å².